The predicted molar refractivity (Wildman–Crippen MR) is 107 cm³/mol. The van der Waals surface area contributed by atoms with Gasteiger partial charge in [0.1, 0.15) is 12.0 Å². The van der Waals surface area contributed by atoms with Crippen LogP contribution in [0, 0.1) is 11.3 Å². The molecule has 1 aliphatic heterocycles. The van der Waals surface area contributed by atoms with Crippen molar-refractivity contribution in [3.8, 4) is 6.07 Å². The molecule has 1 atom stereocenters. The Balaban J connectivity index is 1.96. The first-order chi connectivity index (χ1) is 14.1. The molecule has 0 spiro atoms. The Morgan fingerprint density at radius 1 is 1.23 bits per heavy atom. The highest BCUT2D eigenvalue weighted by atomic mass is 35.5. The number of aliphatic imine (C=N–C) groups is 1. The molecule has 0 saturated carbocycles. The van der Waals surface area contributed by atoms with Gasteiger partial charge in [0, 0.05) is 34.7 Å². The minimum Gasteiger partial charge on any atom is -0.461 e. The molecule has 30 heavy (non-hydrogen) atoms. The molecule has 1 unspecified atom stereocenters. The monoisotopic (exact) mass is 454 g/mol. The van der Waals surface area contributed by atoms with E-state index in [1.807, 2.05) is 6.07 Å². The van der Waals surface area contributed by atoms with Gasteiger partial charge in [-0.25, -0.2) is 0 Å². The first kappa shape index (κ1) is 22.1. The van der Waals surface area contributed by atoms with E-state index in [4.69, 9.17) is 27.9 Å². The summed E-state index contributed by atoms with van der Waals surface area (Å²) in [6.07, 6.45) is -5.01. The van der Waals surface area contributed by atoms with Crippen LogP contribution >= 0.6 is 23.2 Å². The quantitative estimate of drug-likeness (QED) is 0.563. The van der Waals surface area contributed by atoms with Gasteiger partial charge in [-0.2, -0.15) is 18.4 Å². The number of carbonyl (C=O) groups excluding carboxylic acids is 1. The summed E-state index contributed by atoms with van der Waals surface area (Å²) in [6.45, 7) is 0.630. The van der Waals surface area contributed by atoms with Gasteiger partial charge in [-0.15, -0.1) is 0 Å². The van der Waals surface area contributed by atoms with E-state index in [9.17, 15) is 23.2 Å². The molecule has 2 aromatic carbocycles. The molecule has 0 saturated heterocycles. The van der Waals surface area contributed by atoms with E-state index in [0.717, 1.165) is 0 Å². The fraction of sp³-hybridized carbons (Fsp3) is 0.286. The van der Waals surface area contributed by atoms with E-state index >= 15 is 0 Å². The lowest BCUT2D eigenvalue weighted by Crippen LogP contribution is -2.43. The lowest BCUT2D eigenvalue weighted by Gasteiger charge is -2.31. The minimum atomic E-state index is -4.60. The van der Waals surface area contributed by atoms with Gasteiger partial charge in [-0.1, -0.05) is 35.3 Å². The molecule has 4 nitrogen and oxygen atoms in total. The van der Waals surface area contributed by atoms with Gasteiger partial charge >= 0.3 is 12.1 Å². The Labute approximate surface area is 180 Å². The number of benzene rings is 2. The second-order valence-corrected chi connectivity index (χ2v) is 7.81. The van der Waals surface area contributed by atoms with Gasteiger partial charge in [0.2, 0.25) is 0 Å². The van der Waals surface area contributed by atoms with Crippen molar-refractivity contribution in [1.82, 2.24) is 0 Å². The third-order valence-electron chi connectivity index (χ3n) is 4.96. The maximum absolute atomic E-state index is 14.2. The fourth-order valence-corrected chi connectivity index (χ4v) is 3.89. The molecular formula is C21H15Cl2F3N2O2. The van der Waals surface area contributed by atoms with Gasteiger partial charge < -0.3 is 4.74 Å². The number of alkyl halides is 3. The Kier molecular flexibility index (Phi) is 6.11. The van der Waals surface area contributed by atoms with Gasteiger partial charge in [-0.05, 0) is 35.4 Å². The highest BCUT2D eigenvalue weighted by Gasteiger charge is 2.58. The van der Waals surface area contributed by atoms with Crippen molar-refractivity contribution in [3.05, 3.63) is 68.7 Å². The molecule has 0 aliphatic carbocycles. The topological polar surface area (TPSA) is 62.4 Å². The van der Waals surface area contributed by atoms with Gasteiger partial charge in [-0.3, -0.25) is 9.79 Å². The van der Waals surface area contributed by atoms with E-state index in [0.29, 0.717) is 11.1 Å². The zero-order chi connectivity index (χ0) is 22.1. The summed E-state index contributed by atoms with van der Waals surface area (Å²) in [7, 11) is 0. The molecule has 0 bridgehead atoms. The maximum Gasteiger partial charge on any atom is 0.400 e. The van der Waals surface area contributed by atoms with Crippen LogP contribution in [0.25, 0.3) is 0 Å². The summed E-state index contributed by atoms with van der Waals surface area (Å²) >= 11 is 11.9. The average Bonchev–Trinajstić information content (AvgIpc) is 3.12. The Hall–Kier alpha value is -2.56. The summed E-state index contributed by atoms with van der Waals surface area (Å²) in [5, 5.41) is 9.60. The predicted octanol–water partition coefficient (Wildman–Crippen LogP) is 5.62. The van der Waals surface area contributed by atoms with Crippen LogP contribution in [0.1, 0.15) is 35.6 Å². The zero-order valence-corrected chi connectivity index (χ0v) is 17.2. The summed E-state index contributed by atoms with van der Waals surface area (Å²) in [5.74, 6) is -0.502. The number of ether oxygens (including phenoxy) is 1. The molecule has 156 valence electrons. The Bertz CT molecular complexity index is 1060. The van der Waals surface area contributed by atoms with Crippen molar-refractivity contribution < 1.29 is 22.7 Å². The second kappa shape index (κ2) is 8.29. The third-order valence-corrected chi connectivity index (χ3v) is 5.40. The highest BCUT2D eigenvalue weighted by Crippen LogP contribution is 2.48. The smallest absolute Gasteiger partial charge is 0.400 e. The molecule has 0 N–H and O–H groups in total. The van der Waals surface area contributed by atoms with Crippen molar-refractivity contribution in [2.75, 3.05) is 6.54 Å². The SMILES string of the molecule is CC(=O)OCc1ccc(C2=NCC(c3cc(Cl)cc(Cl)c3)(C(F)(F)F)C2)cc1C#N. The van der Waals surface area contributed by atoms with Crippen molar-refractivity contribution in [1.29, 1.82) is 5.26 Å². The average molecular weight is 455 g/mol. The van der Waals surface area contributed by atoms with Crippen LogP contribution in [0.15, 0.2) is 41.4 Å². The van der Waals surface area contributed by atoms with Crippen LogP contribution in [0.5, 0.6) is 0 Å². The van der Waals surface area contributed by atoms with Crippen molar-refractivity contribution in [2.45, 2.75) is 31.5 Å². The van der Waals surface area contributed by atoms with Gasteiger partial charge in [0.25, 0.3) is 0 Å². The van der Waals surface area contributed by atoms with Crippen LogP contribution in [0.4, 0.5) is 13.2 Å². The normalized spacial score (nSPS) is 18.6. The first-order valence-electron chi connectivity index (χ1n) is 8.79. The fourth-order valence-electron chi connectivity index (χ4n) is 3.36. The standard InChI is InChI=1S/C21H15Cl2F3N2O2/c1-12(29)30-10-14-3-2-13(4-15(14)9-27)19-8-20(11-28-19,21(24,25)26)16-5-17(22)7-18(23)6-16/h2-7H,8,10-11H2,1H3. The Morgan fingerprint density at radius 2 is 1.90 bits per heavy atom. The molecule has 0 aromatic heterocycles. The van der Waals surface area contributed by atoms with Gasteiger partial charge in [0.15, 0.2) is 0 Å². The number of rotatable bonds is 4. The number of halogens is 5. The van der Waals surface area contributed by atoms with Crippen LogP contribution in [0.3, 0.4) is 0 Å². The maximum atomic E-state index is 14.2. The lowest BCUT2D eigenvalue weighted by molar-refractivity contribution is -0.183. The molecule has 3 rings (SSSR count). The van der Waals surface area contributed by atoms with Crippen molar-refractivity contribution in [3.63, 3.8) is 0 Å². The number of esters is 1. The van der Waals surface area contributed by atoms with Crippen molar-refractivity contribution in [2.24, 2.45) is 4.99 Å². The largest absolute Gasteiger partial charge is 0.461 e. The zero-order valence-electron chi connectivity index (χ0n) is 15.7. The molecule has 9 heteroatoms. The van der Waals surface area contributed by atoms with Crippen LogP contribution in [-0.4, -0.2) is 24.4 Å². The summed E-state index contributed by atoms with van der Waals surface area (Å²) < 4.78 is 47.4. The van der Waals surface area contributed by atoms with Crippen LogP contribution < -0.4 is 0 Å². The lowest BCUT2D eigenvalue weighted by atomic mass is 9.76. The summed E-state index contributed by atoms with van der Waals surface area (Å²) in [6, 6.07) is 10.4. The molecule has 1 heterocycles. The molecule has 2 aromatic rings. The van der Waals surface area contributed by atoms with Crippen LogP contribution in [-0.2, 0) is 21.6 Å². The molecule has 0 fully saturated rings. The number of carbonyl (C=O) groups is 1. The number of hydrogen-bond donors (Lipinski definition) is 0. The minimum absolute atomic E-state index is 0.0572. The number of nitriles is 1. The number of hydrogen-bond acceptors (Lipinski definition) is 4. The molecule has 1 aliphatic rings. The number of nitrogens with zero attached hydrogens (tertiary/aromatic N) is 2. The summed E-state index contributed by atoms with van der Waals surface area (Å²) in [4.78, 5) is 15.1. The highest BCUT2D eigenvalue weighted by molar-refractivity contribution is 6.34. The summed E-state index contributed by atoms with van der Waals surface area (Å²) in [5.41, 5.74) is -1.04. The molecular weight excluding hydrogens is 440 g/mol. The molecule has 0 radical (unpaired) electrons. The Morgan fingerprint density at radius 3 is 2.47 bits per heavy atom. The second-order valence-electron chi connectivity index (χ2n) is 6.94. The molecule has 0 amide bonds. The van der Waals surface area contributed by atoms with E-state index in [1.54, 1.807) is 12.1 Å². The van der Waals surface area contributed by atoms with E-state index in [-0.39, 0.29) is 33.5 Å². The van der Waals surface area contributed by atoms with Gasteiger partial charge in [0.05, 0.1) is 18.2 Å². The van der Waals surface area contributed by atoms with E-state index < -0.39 is 30.5 Å². The van der Waals surface area contributed by atoms with E-state index in [1.165, 1.54) is 31.2 Å². The third kappa shape index (κ3) is 4.30. The van der Waals surface area contributed by atoms with Crippen LogP contribution in [0.2, 0.25) is 10.0 Å². The van der Waals surface area contributed by atoms with Crippen molar-refractivity contribution >= 4 is 34.9 Å². The first-order valence-corrected chi connectivity index (χ1v) is 9.55. The van der Waals surface area contributed by atoms with E-state index in [2.05, 4.69) is 4.99 Å².